The molecule has 0 bridgehead atoms. The Morgan fingerprint density at radius 1 is 0.971 bits per heavy atom. The third-order valence-corrected chi connectivity index (χ3v) is 12.5. The molecule has 0 saturated carbocycles. The van der Waals surface area contributed by atoms with Crippen LogP contribution in [-0.2, 0) is 74.6 Å². The lowest BCUT2D eigenvalue weighted by atomic mass is 9.81. The molecule has 7 N–H and O–H groups in total. The molecule has 0 unspecified atom stereocenters. The van der Waals surface area contributed by atoms with Crippen LogP contribution in [0.5, 0.6) is 0 Å². The maximum atomic E-state index is 15.4. The Morgan fingerprint density at radius 2 is 1.68 bits per heavy atom. The van der Waals surface area contributed by atoms with E-state index in [1.807, 2.05) is 0 Å². The van der Waals surface area contributed by atoms with Gasteiger partial charge in [0.2, 0.25) is 17.7 Å². The molecule has 19 nitrogen and oxygen atoms in total. The van der Waals surface area contributed by atoms with Crippen LogP contribution in [0.4, 0.5) is 14.9 Å². The van der Waals surface area contributed by atoms with E-state index in [0.29, 0.717) is 89.4 Å². The largest absolute Gasteiger partial charge is 0.458 e. The van der Waals surface area contributed by atoms with Gasteiger partial charge in [0.25, 0.3) is 5.56 Å². The number of esters is 1. The lowest BCUT2D eigenvalue weighted by Gasteiger charge is -2.31. The maximum absolute atomic E-state index is 15.4. The van der Waals surface area contributed by atoms with Gasteiger partial charge in [-0.1, -0.05) is 32.9 Å². The van der Waals surface area contributed by atoms with Gasteiger partial charge in [-0.2, -0.15) is 0 Å². The van der Waals surface area contributed by atoms with Crippen LogP contribution in [-0.4, -0.2) is 103 Å². The number of halogens is 1. The lowest BCUT2D eigenvalue weighted by Crippen LogP contribution is -2.54. The van der Waals surface area contributed by atoms with E-state index in [0.717, 1.165) is 5.56 Å². The van der Waals surface area contributed by atoms with Gasteiger partial charge in [-0.05, 0) is 79.5 Å². The second-order valence-corrected chi connectivity index (χ2v) is 17.4. The van der Waals surface area contributed by atoms with E-state index >= 15 is 4.39 Å². The van der Waals surface area contributed by atoms with E-state index in [4.69, 9.17) is 34.4 Å². The van der Waals surface area contributed by atoms with Crippen molar-refractivity contribution >= 4 is 46.4 Å². The minimum Gasteiger partial charge on any atom is -0.458 e. The molecule has 0 fully saturated rings. The zero-order valence-electron chi connectivity index (χ0n) is 38.8. The van der Waals surface area contributed by atoms with Gasteiger partial charge in [0.05, 0.1) is 68.1 Å². The number of rotatable bonds is 20. The summed E-state index contributed by atoms with van der Waals surface area (Å²) >= 11 is 0. The number of pyridine rings is 2. The molecule has 2 aliphatic heterocycles. The molecule has 364 valence electrons. The van der Waals surface area contributed by atoms with Gasteiger partial charge in [-0.25, -0.2) is 19.0 Å². The van der Waals surface area contributed by atoms with E-state index in [9.17, 15) is 33.9 Å². The van der Waals surface area contributed by atoms with Crippen LogP contribution in [0.25, 0.3) is 22.3 Å². The second kappa shape index (κ2) is 21.3. The van der Waals surface area contributed by atoms with Gasteiger partial charge in [0.1, 0.15) is 37.7 Å². The van der Waals surface area contributed by atoms with Crippen molar-refractivity contribution in [3.63, 3.8) is 0 Å². The van der Waals surface area contributed by atoms with E-state index in [1.54, 1.807) is 58.0 Å². The van der Waals surface area contributed by atoms with Crippen LogP contribution in [0.2, 0.25) is 0 Å². The maximum Gasteiger partial charge on any atom is 0.407 e. The number of carbonyl (C=O) groups excluding carboxylic acids is 5. The Hall–Kier alpha value is -6.32. The van der Waals surface area contributed by atoms with E-state index in [2.05, 4.69) is 21.3 Å². The third kappa shape index (κ3) is 10.4. The molecular weight excluding hydrogens is 886 g/mol. The molecule has 0 radical (unpaired) electrons. The molecule has 4 heterocycles. The summed E-state index contributed by atoms with van der Waals surface area (Å²) in [6.07, 6.45) is 0.0884. The smallest absolute Gasteiger partial charge is 0.407 e. The minimum atomic E-state index is -2.03. The Kier molecular flexibility index (Phi) is 15.5. The summed E-state index contributed by atoms with van der Waals surface area (Å²) < 4.78 is 43.7. The normalized spacial score (nSPS) is 17.7. The molecule has 3 aliphatic rings. The number of fused-ring (bicyclic) bond motifs is 5. The van der Waals surface area contributed by atoms with Gasteiger partial charge in [0, 0.05) is 34.8 Å². The number of nitrogens with one attached hydrogen (secondary N) is 4. The highest BCUT2D eigenvalue weighted by Gasteiger charge is 2.46. The Bertz CT molecular complexity index is 2660. The first-order valence-corrected chi connectivity index (χ1v) is 22.7. The Balaban J connectivity index is 0.948. The molecule has 2 aromatic carbocycles. The molecular formula is C48H58FN7O12. The number of aryl methyl sites for hydroxylation is 1. The number of hydrogen-bond donors (Lipinski definition) is 6. The van der Waals surface area contributed by atoms with Crippen molar-refractivity contribution in [2.75, 3.05) is 51.5 Å². The van der Waals surface area contributed by atoms with Crippen molar-refractivity contribution in [3.05, 3.63) is 91.5 Å². The number of aliphatic hydroxyl groups is 1. The van der Waals surface area contributed by atoms with Gasteiger partial charge < -0.3 is 60.4 Å². The SMILES string of the molecule is CC[C@@]1(O)C(=O)OCc2c1cc1n(c2=O)Cc2c-1nc1cc(F)c(C)c3c1c2[C@H](NC(=O)OCc1ccc(NC(=O)[C@H](C)NC(=O)[C@@H](NC(=O)COCCOCCOCCN)C(C)C)cc1)CC3. The van der Waals surface area contributed by atoms with Gasteiger partial charge >= 0.3 is 12.1 Å². The number of carbonyl (C=O) groups is 5. The molecule has 4 aromatic rings. The van der Waals surface area contributed by atoms with Crippen molar-refractivity contribution in [2.24, 2.45) is 11.7 Å². The van der Waals surface area contributed by atoms with Crippen LogP contribution in [0.3, 0.4) is 0 Å². The summed E-state index contributed by atoms with van der Waals surface area (Å²) in [6.45, 7) is 9.82. The lowest BCUT2D eigenvalue weighted by molar-refractivity contribution is -0.172. The predicted octanol–water partition coefficient (Wildman–Crippen LogP) is 3.03. The van der Waals surface area contributed by atoms with Crippen LogP contribution in [0.1, 0.15) is 85.5 Å². The molecule has 0 saturated heterocycles. The third-order valence-electron chi connectivity index (χ3n) is 12.5. The minimum absolute atomic E-state index is 0.0260. The Morgan fingerprint density at radius 3 is 2.37 bits per heavy atom. The van der Waals surface area contributed by atoms with Crippen molar-refractivity contribution in [2.45, 2.75) is 97.4 Å². The topological polar surface area (TPSA) is 261 Å². The average molecular weight is 944 g/mol. The first-order valence-electron chi connectivity index (χ1n) is 22.7. The fourth-order valence-electron chi connectivity index (χ4n) is 8.77. The zero-order chi connectivity index (χ0) is 48.9. The fraction of sp³-hybridized carbons (Fsp3) is 0.479. The van der Waals surface area contributed by atoms with Crippen LogP contribution in [0, 0.1) is 18.7 Å². The Labute approximate surface area is 391 Å². The van der Waals surface area contributed by atoms with Crippen LogP contribution < -0.4 is 32.6 Å². The highest BCUT2D eigenvalue weighted by atomic mass is 19.1. The molecule has 68 heavy (non-hydrogen) atoms. The predicted molar refractivity (Wildman–Crippen MR) is 245 cm³/mol. The van der Waals surface area contributed by atoms with Crippen molar-refractivity contribution in [1.29, 1.82) is 0 Å². The number of benzene rings is 2. The van der Waals surface area contributed by atoms with Crippen molar-refractivity contribution < 1.29 is 57.2 Å². The molecule has 4 atom stereocenters. The number of aromatic nitrogens is 2. The van der Waals surface area contributed by atoms with Gasteiger partial charge in [-0.15, -0.1) is 0 Å². The number of cyclic esters (lactones) is 1. The number of ether oxygens (including phenoxy) is 5. The monoisotopic (exact) mass is 943 g/mol. The first-order chi connectivity index (χ1) is 32.6. The number of nitrogens with zero attached hydrogens (tertiary/aromatic N) is 2. The second-order valence-electron chi connectivity index (χ2n) is 17.4. The quantitative estimate of drug-likeness (QED) is 0.0485. The van der Waals surface area contributed by atoms with Crippen LogP contribution >= 0.6 is 0 Å². The summed E-state index contributed by atoms with van der Waals surface area (Å²) in [7, 11) is 0. The summed E-state index contributed by atoms with van der Waals surface area (Å²) in [6, 6.07) is 7.02. The number of alkyl carbamates (subject to hydrolysis) is 1. The zero-order valence-corrected chi connectivity index (χ0v) is 38.8. The number of amides is 4. The number of nitrogens with two attached hydrogens (primary N) is 1. The molecule has 20 heteroatoms. The first kappa shape index (κ1) is 49.6. The van der Waals surface area contributed by atoms with Gasteiger partial charge in [-0.3, -0.25) is 19.2 Å². The molecule has 4 amide bonds. The highest BCUT2D eigenvalue weighted by Crippen LogP contribution is 2.46. The fourth-order valence-corrected chi connectivity index (χ4v) is 8.77. The van der Waals surface area contributed by atoms with E-state index < -0.39 is 64.9 Å². The van der Waals surface area contributed by atoms with E-state index in [1.165, 1.54) is 17.6 Å². The molecule has 1 aliphatic carbocycles. The summed E-state index contributed by atoms with van der Waals surface area (Å²) in [5.74, 6) is -3.12. The summed E-state index contributed by atoms with van der Waals surface area (Å²) in [5, 5.41) is 23.1. The molecule has 7 rings (SSSR count). The molecule has 0 spiro atoms. The number of hydrogen-bond acceptors (Lipinski definition) is 14. The number of anilines is 1. The highest BCUT2D eigenvalue weighted by molar-refractivity contribution is 5.98. The van der Waals surface area contributed by atoms with Crippen LogP contribution in [0.15, 0.2) is 41.2 Å². The van der Waals surface area contributed by atoms with Crippen molar-refractivity contribution in [3.8, 4) is 11.4 Å². The van der Waals surface area contributed by atoms with Crippen molar-refractivity contribution in [1.82, 2.24) is 25.5 Å². The molecule has 2 aromatic heterocycles. The van der Waals surface area contributed by atoms with E-state index in [-0.39, 0.29) is 63.0 Å². The summed E-state index contributed by atoms with van der Waals surface area (Å²) in [4.78, 5) is 83.8. The summed E-state index contributed by atoms with van der Waals surface area (Å²) in [5.41, 5.74) is 7.90. The van der Waals surface area contributed by atoms with Gasteiger partial charge in [0.15, 0.2) is 5.60 Å². The average Bonchev–Trinajstić information content (AvgIpc) is 3.69. The standard InChI is InChI=1S/C48H58FN7O12/c1-6-48(63)33-19-37-42-31(21-56(37)45(60)32(33)23-67-46(48)61)40-35(12-11-30-26(4)34(49)20-36(53-42)39(30)40)54-47(62)68-22-28-7-9-29(10-8-28)52-43(58)27(5)51-44(59)41(25(2)3)55-38(57)24-66-18-17-65-16-15-64-14-13-50/h7-10,19-20,25,27,35,41,63H,6,11-18,21-24,50H2,1-5H3,(H,51,59)(H,52,58)(H,54,62)(H,55,57)/t27-,35+,41-,48-/m0/s1.